The molecule has 168 valence electrons. The number of ether oxygens (including phenoxy) is 1. The third-order valence-corrected chi connectivity index (χ3v) is 5.58. The maximum Gasteiger partial charge on any atom is 0.338 e. The summed E-state index contributed by atoms with van der Waals surface area (Å²) >= 11 is 0. The van der Waals surface area contributed by atoms with Gasteiger partial charge in [-0.1, -0.05) is 0 Å². The highest BCUT2D eigenvalue weighted by Gasteiger charge is 2.35. The molecule has 0 bridgehead atoms. The van der Waals surface area contributed by atoms with Crippen LogP contribution in [0, 0.1) is 0 Å². The molecule has 1 atom stereocenters. The Balaban J connectivity index is 1.55. The highest BCUT2D eigenvalue weighted by Crippen LogP contribution is 2.36. The van der Waals surface area contributed by atoms with Crippen molar-refractivity contribution in [1.82, 2.24) is 9.97 Å². The quantitative estimate of drug-likeness (QED) is 0.604. The normalized spacial score (nSPS) is 17.8. The first kappa shape index (κ1) is 21.5. The lowest BCUT2D eigenvalue weighted by Crippen LogP contribution is -2.35. The number of hydrogen-bond acceptors (Lipinski definition) is 8. The number of piperidine rings is 1. The first-order valence-corrected chi connectivity index (χ1v) is 10.8. The molecule has 1 saturated heterocycles. The van der Waals surface area contributed by atoms with Crippen LogP contribution in [0.15, 0.2) is 24.3 Å². The average molecular weight is 438 g/mol. The summed E-state index contributed by atoms with van der Waals surface area (Å²) in [6.45, 7) is 3.68. The fourth-order valence-electron chi connectivity index (χ4n) is 3.98. The van der Waals surface area contributed by atoms with Crippen molar-refractivity contribution in [2.45, 2.75) is 38.5 Å². The number of esters is 1. The van der Waals surface area contributed by atoms with Crippen LogP contribution in [0.2, 0.25) is 0 Å². The Bertz CT molecular complexity index is 1030. The van der Waals surface area contributed by atoms with E-state index in [9.17, 15) is 14.4 Å². The summed E-state index contributed by atoms with van der Waals surface area (Å²) in [5.41, 5.74) is 7.53. The van der Waals surface area contributed by atoms with Gasteiger partial charge < -0.3 is 26.0 Å². The molecule has 4 N–H and O–H groups in total. The van der Waals surface area contributed by atoms with Crippen LogP contribution in [-0.2, 0) is 14.3 Å². The van der Waals surface area contributed by atoms with Crippen LogP contribution in [0.3, 0.4) is 0 Å². The average Bonchev–Trinajstić information content (AvgIpc) is 2.79. The predicted octanol–water partition coefficient (Wildman–Crippen LogP) is 2.29. The number of nitrogen functional groups attached to an aromatic ring is 1. The van der Waals surface area contributed by atoms with E-state index >= 15 is 0 Å². The van der Waals surface area contributed by atoms with Gasteiger partial charge in [-0.25, -0.2) is 4.79 Å². The van der Waals surface area contributed by atoms with Crippen molar-refractivity contribution in [2.75, 3.05) is 41.0 Å². The molecule has 10 heteroatoms. The first-order chi connectivity index (χ1) is 15.5. The monoisotopic (exact) mass is 438 g/mol. The van der Waals surface area contributed by atoms with Gasteiger partial charge >= 0.3 is 5.97 Å². The summed E-state index contributed by atoms with van der Waals surface area (Å²) < 4.78 is 4.96. The number of nitrogens with two attached hydrogens (primary N) is 1. The summed E-state index contributed by atoms with van der Waals surface area (Å²) in [6.07, 6.45) is 3.20. The SMILES string of the molecule is CCOC(=O)c1ccc(NC(=O)[C@H]2CC(=O)Nc3nc(N4CCCCC4)nc(N)c32)cc1. The molecule has 32 heavy (non-hydrogen) atoms. The van der Waals surface area contributed by atoms with Crippen molar-refractivity contribution >= 4 is 41.1 Å². The van der Waals surface area contributed by atoms with E-state index in [2.05, 4.69) is 20.6 Å². The van der Waals surface area contributed by atoms with Gasteiger partial charge in [-0.3, -0.25) is 9.59 Å². The zero-order valence-corrected chi connectivity index (χ0v) is 17.9. The van der Waals surface area contributed by atoms with Gasteiger partial charge in [0.25, 0.3) is 0 Å². The molecule has 0 radical (unpaired) electrons. The van der Waals surface area contributed by atoms with E-state index in [1.165, 1.54) is 0 Å². The molecular weight excluding hydrogens is 412 g/mol. The molecule has 2 aromatic rings. The zero-order chi connectivity index (χ0) is 22.7. The maximum absolute atomic E-state index is 13.0. The molecule has 1 aromatic carbocycles. The highest BCUT2D eigenvalue weighted by molar-refractivity contribution is 6.05. The minimum Gasteiger partial charge on any atom is -0.462 e. The van der Waals surface area contributed by atoms with E-state index in [-0.39, 0.29) is 30.6 Å². The third-order valence-electron chi connectivity index (χ3n) is 5.58. The molecule has 1 aromatic heterocycles. The van der Waals surface area contributed by atoms with Gasteiger partial charge in [0.05, 0.1) is 23.7 Å². The highest BCUT2D eigenvalue weighted by atomic mass is 16.5. The Morgan fingerprint density at radius 3 is 2.59 bits per heavy atom. The summed E-state index contributed by atoms with van der Waals surface area (Å²) in [7, 11) is 0. The van der Waals surface area contributed by atoms with E-state index in [4.69, 9.17) is 10.5 Å². The molecule has 10 nitrogen and oxygen atoms in total. The molecule has 0 saturated carbocycles. The molecule has 0 spiro atoms. The molecule has 3 heterocycles. The summed E-state index contributed by atoms with van der Waals surface area (Å²) in [6, 6.07) is 6.34. The van der Waals surface area contributed by atoms with Crippen molar-refractivity contribution < 1.29 is 19.1 Å². The lowest BCUT2D eigenvalue weighted by molar-refractivity contribution is -0.123. The van der Waals surface area contributed by atoms with E-state index in [1.54, 1.807) is 31.2 Å². The van der Waals surface area contributed by atoms with E-state index in [0.29, 0.717) is 22.8 Å². The molecule has 1 fully saturated rings. The molecule has 0 unspecified atom stereocenters. The van der Waals surface area contributed by atoms with Crippen molar-refractivity contribution in [3.05, 3.63) is 35.4 Å². The van der Waals surface area contributed by atoms with Crippen LogP contribution in [0.1, 0.15) is 54.4 Å². The van der Waals surface area contributed by atoms with Crippen LogP contribution >= 0.6 is 0 Å². The number of fused-ring (bicyclic) bond motifs is 1. The predicted molar refractivity (Wildman–Crippen MR) is 120 cm³/mol. The Labute approximate surface area is 185 Å². The lowest BCUT2D eigenvalue weighted by atomic mass is 9.91. The number of aromatic nitrogens is 2. The van der Waals surface area contributed by atoms with Crippen LogP contribution in [-0.4, -0.2) is 47.4 Å². The second-order valence-electron chi connectivity index (χ2n) is 7.81. The largest absolute Gasteiger partial charge is 0.462 e. The molecule has 4 rings (SSSR count). The summed E-state index contributed by atoms with van der Waals surface area (Å²) in [5, 5.41) is 5.52. The van der Waals surface area contributed by atoms with Crippen LogP contribution in [0.5, 0.6) is 0 Å². The summed E-state index contributed by atoms with van der Waals surface area (Å²) in [4.78, 5) is 48.1. The van der Waals surface area contributed by atoms with Crippen LogP contribution < -0.4 is 21.3 Å². The fraction of sp³-hybridized carbons (Fsp3) is 0.409. The zero-order valence-electron chi connectivity index (χ0n) is 17.9. The molecule has 2 amide bonds. The smallest absolute Gasteiger partial charge is 0.338 e. The molecular formula is C22H26N6O4. The van der Waals surface area contributed by atoms with Gasteiger partial charge in [0.1, 0.15) is 11.6 Å². The van der Waals surface area contributed by atoms with E-state index < -0.39 is 17.8 Å². The minimum absolute atomic E-state index is 0.0592. The van der Waals surface area contributed by atoms with Gasteiger partial charge in [-0.05, 0) is 50.5 Å². The van der Waals surface area contributed by atoms with Gasteiger partial charge in [-0.15, -0.1) is 0 Å². The Morgan fingerprint density at radius 2 is 1.91 bits per heavy atom. The first-order valence-electron chi connectivity index (χ1n) is 10.8. The van der Waals surface area contributed by atoms with E-state index in [0.717, 1.165) is 32.4 Å². The molecule has 0 aliphatic carbocycles. The van der Waals surface area contributed by atoms with Crippen LogP contribution in [0.4, 0.5) is 23.3 Å². The Hall–Kier alpha value is -3.69. The van der Waals surface area contributed by atoms with Crippen molar-refractivity contribution in [3.63, 3.8) is 0 Å². The van der Waals surface area contributed by atoms with Gasteiger partial charge in [0, 0.05) is 25.2 Å². The van der Waals surface area contributed by atoms with Crippen molar-refractivity contribution in [3.8, 4) is 0 Å². The second kappa shape index (κ2) is 9.21. The van der Waals surface area contributed by atoms with Crippen molar-refractivity contribution in [1.29, 1.82) is 0 Å². The van der Waals surface area contributed by atoms with Crippen LogP contribution in [0.25, 0.3) is 0 Å². The summed E-state index contributed by atoms with van der Waals surface area (Å²) in [5.74, 6) is -1.02. The van der Waals surface area contributed by atoms with Gasteiger partial charge in [0.2, 0.25) is 17.8 Å². The lowest BCUT2D eigenvalue weighted by Gasteiger charge is -2.30. The van der Waals surface area contributed by atoms with Crippen molar-refractivity contribution in [2.24, 2.45) is 0 Å². The Morgan fingerprint density at radius 1 is 1.19 bits per heavy atom. The topological polar surface area (TPSA) is 140 Å². The van der Waals surface area contributed by atoms with E-state index in [1.807, 2.05) is 4.90 Å². The number of carbonyl (C=O) groups is 3. The number of carbonyl (C=O) groups excluding carboxylic acids is 3. The minimum atomic E-state index is -0.820. The van der Waals surface area contributed by atoms with Gasteiger partial charge in [0.15, 0.2) is 0 Å². The number of hydrogen-bond donors (Lipinski definition) is 3. The molecule has 2 aliphatic rings. The fourth-order valence-corrected chi connectivity index (χ4v) is 3.98. The van der Waals surface area contributed by atoms with Gasteiger partial charge in [-0.2, -0.15) is 9.97 Å². The number of anilines is 4. The maximum atomic E-state index is 13.0. The Kier molecular flexibility index (Phi) is 6.20. The standard InChI is InChI=1S/C22H26N6O4/c1-2-32-21(31)13-6-8-14(9-7-13)24-20(30)15-12-16(29)25-19-17(15)18(23)26-22(27-19)28-10-4-3-5-11-28/h6-9,15H,2-5,10-12H2,1H3,(H,24,30)(H3,23,25,26,27,29)/t15-/m0/s1. The molecule has 2 aliphatic heterocycles. The number of nitrogens with zero attached hydrogens (tertiary/aromatic N) is 3. The third kappa shape index (κ3) is 4.48. The number of amides is 2. The number of rotatable bonds is 5. The number of nitrogens with one attached hydrogen (secondary N) is 2. The number of benzene rings is 1. The second-order valence-corrected chi connectivity index (χ2v) is 7.81.